The molecule has 0 bridgehead atoms. The molecule has 1 N–H and O–H groups in total. The zero-order valence-corrected chi connectivity index (χ0v) is 17.4. The van der Waals surface area contributed by atoms with Gasteiger partial charge in [-0.15, -0.1) is 0 Å². The summed E-state index contributed by atoms with van der Waals surface area (Å²) in [4.78, 5) is 24.3. The third-order valence-corrected chi connectivity index (χ3v) is 7.33. The van der Waals surface area contributed by atoms with E-state index in [4.69, 9.17) is 4.42 Å². The molecule has 4 rings (SSSR count). The van der Waals surface area contributed by atoms with E-state index in [-0.39, 0.29) is 22.9 Å². The average molecular weight is 429 g/mol. The summed E-state index contributed by atoms with van der Waals surface area (Å²) in [5.74, 6) is -1.11. The Balaban J connectivity index is 1.49. The maximum atomic E-state index is 13.1. The minimum atomic E-state index is -3.81. The fourth-order valence-corrected chi connectivity index (χ4v) is 5.27. The predicted octanol–water partition coefficient (Wildman–Crippen LogP) is 1.85. The first-order chi connectivity index (χ1) is 14.4. The second-order valence-electron chi connectivity index (χ2n) is 7.46. The lowest BCUT2D eigenvalue weighted by molar-refractivity contribution is -0.126. The topological polar surface area (TPSA) is 102 Å². The molecular weight excluding hydrogens is 406 g/mol. The number of carbonyl (C=O) groups excluding carboxylic acids is 1. The maximum absolute atomic E-state index is 13.1. The van der Waals surface area contributed by atoms with Crippen LogP contribution < -0.4 is 11.1 Å². The second kappa shape index (κ2) is 8.08. The van der Waals surface area contributed by atoms with E-state index < -0.39 is 21.7 Å². The van der Waals surface area contributed by atoms with Crippen molar-refractivity contribution in [3.05, 3.63) is 64.6 Å². The van der Waals surface area contributed by atoms with E-state index in [0.717, 1.165) is 5.56 Å². The van der Waals surface area contributed by atoms with Gasteiger partial charge in [0, 0.05) is 32.7 Å². The molecule has 3 aromatic rings. The number of hydrogen-bond donors (Lipinski definition) is 1. The molecule has 2 heterocycles. The SMILES string of the molecule is Cn1c(=O)oc2cc(S(=O)(=O)N3CCC[C@@H](C(=O)NCc4ccccc4)C3)ccc21. The van der Waals surface area contributed by atoms with Crippen LogP contribution in [0.2, 0.25) is 0 Å². The molecule has 1 aliphatic rings. The number of amides is 1. The number of rotatable bonds is 5. The molecule has 1 aromatic heterocycles. The summed E-state index contributed by atoms with van der Waals surface area (Å²) < 4.78 is 34.0. The van der Waals surface area contributed by atoms with Crippen LogP contribution in [-0.2, 0) is 28.4 Å². The predicted molar refractivity (Wildman–Crippen MR) is 111 cm³/mol. The zero-order valence-electron chi connectivity index (χ0n) is 16.6. The van der Waals surface area contributed by atoms with Crippen LogP contribution in [0, 0.1) is 5.92 Å². The van der Waals surface area contributed by atoms with E-state index >= 15 is 0 Å². The van der Waals surface area contributed by atoms with Crippen LogP contribution in [0.4, 0.5) is 0 Å². The van der Waals surface area contributed by atoms with Crippen LogP contribution in [0.5, 0.6) is 0 Å². The largest absolute Gasteiger partial charge is 0.419 e. The van der Waals surface area contributed by atoms with Gasteiger partial charge in [0.05, 0.1) is 16.3 Å². The minimum Gasteiger partial charge on any atom is -0.408 e. The van der Waals surface area contributed by atoms with Crippen molar-refractivity contribution in [2.24, 2.45) is 13.0 Å². The van der Waals surface area contributed by atoms with Crippen LogP contribution in [0.1, 0.15) is 18.4 Å². The molecule has 9 heteroatoms. The Morgan fingerprint density at radius 3 is 2.73 bits per heavy atom. The van der Waals surface area contributed by atoms with E-state index in [2.05, 4.69) is 5.32 Å². The number of benzene rings is 2. The molecular formula is C21H23N3O5S. The molecule has 1 aliphatic heterocycles. The van der Waals surface area contributed by atoms with Gasteiger partial charge in [0.25, 0.3) is 0 Å². The van der Waals surface area contributed by atoms with E-state index in [1.165, 1.54) is 21.0 Å². The smallest absolute Gasteiger partial charge is 0.408 e. The van der Waals surface area contributed by atoms with Crippen molar-refractivity contribution in [2.75, 3.05) is 13.1 Å². The van der Waals surface area contributed by atoms with Crippen molar-refractivity contribution in [1.82, 2.24) is 14.2 Å². The lowest BCUT2D eigenvalue weighted by Gasteiger charge is -2.31. The molecule has 30 heavy (non-hydrogen) atoms. The van der Waals surface area contributed by atoms with Gasteiger partial charge in [-0.05, 0) is 30.5 Å². The van der Waals surface area contributed by atoms with Crippen LogP contribution in [-0.4, -0.2) is 36.3 Å². The molecule has 2 aromatic carbocycles. The van der Waals surface area contributed by atoms with Gasteiger partial charge in [-0.1, -0.05) is 30.3 Å². The Hall–Kier alpha value is -2.91. The van der Waals surface area contributed by atoms with E-state index in [0.29, 0.717) is 31.4 Å². The number of sulfonamides is 1. The van der Waals surface area contributed by atoms with Crippen molar-refractivity contribution >= 4 is 27.0 Å². The Morgan fingerprint density at radius 1 is 1.20 bits per heavy atom. The monoisotopic (exact) mass is 429 g/mol. The first-order valence-corrected chi connectivity index (χ1v) is 11.2. The first kappa shape index (κ1) is 20.4. The quantitative estimate of drug-likeness (QED) is 0.667. The Kier molecular flexibility index (Phi) is 5.48. The lowest BCUT2D eigenvalue weighted by atomic mass is 9.99. The summed E-state index contributed by atoms with van der Waals surface area (Å²) in [5, 5.41) is 2.90. The number of nitrogens with zero attached hydrogens (tertiary/aromatic N) is 2. The van der Waals surface area contributed by atoms with Crippen LogP contribution in [0.3, 0.4) is 0 Å². The van der Waals surface area contributed by atoms with Gasteiger partial charge in [-0.3, -0.25) is 9.36 Å². The highest BCUT2D eigenvalue weighted by molar-refractivity contribution is 7.89. The minimum absolute atomic E-state index is 0.0506. The van der Waals surface area contributed by atoms with Crippen molar-refractivity contribution < 1.29 is 17.6 Å². The molecule has 8 nitrogen and oxygen atoms in total. The Bertz CT molecular complexity index is 1230. The highest BCUT2D eigenvalue weighted by atomic mass is 32.2. The van der Waals surface area contributed by atoms with Crippen molar-refractivity contribution in [3.63, 3.8) is 0 Å². The molecule has 0 spiro atoms. The van der Waals surface area contributed by atoms with Crippen molar-refractivity contribution in [1.29, 1.82) is 0 Å². The Morgan fingerprint density at radius 2 is 1.97 bits per heavy atom. The fraction of sp³-hybridized carbons (Fsp3) is 0.333. The zero-order chi connectivity index (χ0) is 21.3. The molecule has 0 radical (unpaired) electrons. The standard InChI is InChI=1S/C21H23N3O5S/c1-23-18-10-9-17(12-19(18)29-21(23)26)30(27,28)24-11-5-8-16(14-24)20(25)22-13-15-6-3-2-4-7-15/h2-4,6-7,9-10,12,16H,5,8,11,13-14H2,1H3,(H,22,25)/t16-/m1/s1. The van der Waals surface area contributed by atoms with Crippen LogP contribution >= 0.6 is 0 Å². The van der Waals surface area contributed by atoms with Gasteiger partial charge >= 0.3 is 5.76 Å². The molecule has 158 valence electrons. The van der Waals surface area contributed by atoms with Gasteiger partial charge in [-0.25, -0.2) is 13.2 Å². The van der Waals surface area contributed by atoms with Gasteiger partial charge in [0.15, 0.2) is 5.58 Å². The van der Waals surface area contributed by atoms with E-state index in [1.54, 1.807) is 13.1 Å². The summed E-state index contributed by atoms with van der Waals surface area (Å²) in [6.07, 6.45) is 1.24. The average Bonchev–Trinajstić information content (AvgIpc) is 3.06. The van der Waals surface area contributed by atoms with Gasteiger partial charge in [0.1, 0.15) is 0 Å². The summed E-state index contributed by atoms with van der Waals surface area (Å²) in [5.41, 5.74) is 1.73. The molecule has 0 saturated carbocycles. The third kappa shape index (κ3) is 3.90. The summed E-state index contributed by atoms with van der Waals surface area (Å²) in [6, 6.07) is 14.0. The maximum Gasteiger partial charge on any atom is 0.419 e. The third-order valence-electron chi connectivity index (χ3n) is 5.47. The number of hydrogen-bond acceptors (Lipinski definition) is 5. The van der Waals surface area contributed by atoms with Gasteiger partial charge < -0.3 is 9.73 Å². The number of oxazole rings is 1. The van der Waals surface area contributed by atoms with Crippen LogP contribution in [0.25, 0.3) is 11.1 Å². The molecule has 1 amide bonds. The van der Waals surface area contributed by atoms with Crippen molar-refractivity contribution in [3.8, 4) is 0 Å². The Labute approximate surface area is 174 Å². The van der Waals surface area contributed by atoms with Gasteiger partial charge in [-0.2, -0.15) is 4.31 Å². The molecule has 0 unspecified atom stereocenters. The summed E-state index contributed by atoms with van der Waals surface area (Å²) >= 11 is 0. The van der Waals surface area contributed by atoms with Crippen molar-refractivity contribution in [2.45, 2.75) is 24.3 Å². The first-order valence-electron chi connectivity index (χ1n) is 9.77. The summed E-state index contributed by atoms with van der Waals surface area (Å²) in [6.45, 7) is 0.883. The molecule has 0 aliphatic carbocycles. The second-order valence-corrected chi connectivity index (χ2v) is 9.40. The number of fused-ring (bicyclic) bond motifs is 1. The number of carbonyl (C=O) groups is 1. The number of nitrogens with one attached hydrogen (secondary N) is 1. The number of aromatic nitrogens is 1. The highest BCUT2D eigenvalue weighted by Gasteiger charge is 2.33. The van der Waals surface area contributed by atoms with E-state index in [1.807, 2.05) is 30.3 Å². The number of aryl methyl sites for hydroxylation is 1. The van der Waals surface area contributed by atoms with Gasteiger partial charge in [0.2, 0.25) is 15.9 Å². The summed E-state index contributed by atoms with van der Waals surface area (Å²) in [7, 11) is -2.25. The van der Waals surface area contributed by atoms with E-state index in [9.17, 15) is 18.0 Å². The molecule has 1 fully saturated rings. The lowest BCUT2D eigenvalue weighted by Crippen LogP contribution is -2.45. The van der Waals surface area contributed by atoms with Crippen LogP contribution in [0.15, 0.2) is 62.6 Å². The molecule has 1 atom stereocenters. The number of piperidine rings is 1. The molecule has 1 saturated heterocycles. The normalized spacial score (nSPS) is 17.8. The highest BCUT2D eigenvalue weighted by Crippen LogP contribution is 2.26. The fourth-order valence-electron chi connectivity index (χ4n) is 3.73.